The lowest BCUT2D eigenvalue weighted by Gasteiger charge is -2.22. The van der Waals surface area contributed by atoms with Gasteiger partial charge in [-0.3, -0.25) is 9.59 Å². The van der Waals surface area contributed by atoms with Gasteiger partial charge in [0.15, 0.2) is 11.6 Å². The van der Waals surface area contributed by atoms with Gasteiger partial charge in [-0.2, -0.15) is 0 Å². The van der Waals surface area contributed by atoms with Crippen LogP contribution in [0.4, 0.5) is 0 Å². The van der Waals surface area contributed by atoms with E-state index in [0.29, 0.717) is 26.2 Å². The largest absolute Gasteiger partial charge is 0.289 e. The molecular formula is C30H23IO2S2. The summed E-state index contributed by atoms with van der Waals surface area (Å²) in [5, 5.41) is 0. The number of hydrogen-bond donors (Lipinski definition) is 0. The summed E-state index contributed by atoms with van der Waals surface area (Å²) in [5.74, 6) is -0.168. The third-order valence-electron chi connectivity index (χ3n) is 5.98. The summed E-state index contributed by atoms with van der Waals surface area (Å²) < 4.78 is 0.500. The van der Waals surface area contributed by atoms with E-state index in [9.17, 15) is 9.59 Å². The van der Waals surface area contributed by atoms with Crippen LogP contribution >= 0.6 is 46.1 Å². The Balaban J connectivity index is 1.48. The maximum Gasteiger partial charge on any atom is 0.195 e. The van der Waals surface area contributed by atoms with Gasteiger partial charge in [0, 0.05) is 45.8 Å². The Labute approximate surface area is 228 Å². The fourth-order valence-corrected chi connectivity index (χ4v) is 7.27. The van der Waals surface area contributed by atoms with Crippen molar-refractivity contribution in [3.8, 4) is 0 Å². The van der Waals surface area contributed by atoms with Crippen LogP contribution in [0.5, 0.6) is 0 Å². The Hall–Kier alpha value is -2.35. The van der Waals surface area contributed by atoms with E-state index in [1.807, 2.05) is 54.6 Å². The lowest BCUT2D eigenvalue weighted by atomic mass is 9.84. The molecule has 0 amide bonds. The van der Waals surface area contributed by atoms with Crippen molar-refractivity contribution in [1.82, 2.24) is 0 Å². The fourth-order valence-electron chi connectivity index (χ4n) is 4.26. The zero-order chi connectivity index (χ0) is 24.4. The Morgan fingerprint density at radius 2 is 1.17 bits per heavy atom. The molecule has 1 unspecified atom stereocenters. The molecule has 1 aliphatic carbocycles. The quantitative estimate of drug-likeness (QED) is 0.137. The number of rotatable bonds is 7. The third kappa shape index (κ3) is 4.99. The highest BCUT2D eigenvalue weighted by Gasteiger charge is 2.33. The number of carbonyl (C=O) groups excluding carboxylic acids is 2. The molecule has 0 saturated carbocycles. The molecule has 0 spiro atoms. The van der Waals surface area contributed by atoms with E-state index in [-0.39, 0.29) is 11.6 Å². The van der Waals surface area contributed by atoms with Gasteiger partial charge in [0.25, 0.3) is 0 Å². The highest BCUT2D eigenvalue weighted by molar-refractivity contribution is 14.1. The number of alkyl halides is 1. The van der Waals surface area contributed by atoms with Crippen molar-refractivity contribution >= 4 is 57.7 Å². The number of halogens is 1. The normalized spacial score (nSPS) is 13.3. The first kappa shape index (κ1) is 24.3. The zero-order valence-electron chi connectivity index (χ0n) is 19.2. The minimum Gasteiger partial charge on any atom is -0.289 e. The molecule has 174 valence electrons. The van der Waals surface area contributed by atoms with Gasteiger partial charge < -0.3 is 0 Å². The van der Waals surface area contributed by atoms with E-state index in [4.69, 9.17) is 0 Å². The average Bonchev–Trinajstić information content (AvgIpc) is 2.88. The van der Waals surface area contributed by atoms with Gasteiger partial charge in [0.05, 0.1) is 0 Å². The van der Waals surface area contributed by atoms with Crippen LogP contribution in [0.2, 0.25) is 0 Å². The van der Waals surface area contributed by atoms with E-state index >= 15 is 0 Å². The summed E-state index contributed by atoms with van der Waals surface area (Å²) in [6.45, 7) is 2.20. The van der Waals surface area contributed by atoms with Gasteiger partial charge in [0.1, 0.15) is 0 Å². The summed E-state index contributed by atoms with van der Waals surface area (Å²) >= 11 is 5.55. The fraction of sp³-hybridized carbons (Fsp3) is 0.133. The second-order valence-corrected chi connectivity index (χ2v) is 12.1. The molecule has 1 atom stereocenters. The first-order chi connectivity index (χ1) is 17.1. The van der Waals surface area contributed by atoms with Crippen molar-refractivity contribution in [2.24, 2.45) is 0 Å². The molecule has 35 heavy (non-hydrogen) atoms. The van der Waals surface area contributed by atoms with E-state index < -0.39 is 0 Å². The smallest absolute Gasteiger partial charge is 0.195 e. The lowest BCUT2D eigenvalue weighted by molar-refractivity contribution is 0.0974. The monoisotopic (exact) mass is 606 g/mol. The predicted octanol–water partition coefficient (Wildman–Crippen LogP) is 9.04. The van der Waals surface area contributed by atoms with Crippen LogP contribution in [0, 0.1) is 0 Å². The molecule has 0 fully saturated rings. The van der Waals surface area contributed by atoms with Gasteiger partial charge in [-0.1, -0.05) is 114 Å². The van der Waals surface area contributed by atoms with Crippen molar-refractivity contribution in [3.63, 3.8) is 0 Å². The van der Waals surface area contributed by atoms with Crippen LogP contribution in [-0.2, 0) is 0 Å². The molecule has 0 N–H and O–H groups in total. The molecule has 0 saturated heterocycles. The topological polar surface area (TPSA) is 34.1 Å². The summed E-state index contributed by atoms with van der Waals surface area (Å²) in [6, 6.07) is 29.6. The molecule has 0 aliphatic heterocycles. The first-order valence-corrected chi connectivity index (χ1v) is 14.4. The minimum atomic E-state index is -0.0845. The second kappa shape index (κ2) is 10.7. The standard InChI is InChI=1S/C30H23IO2S2/c1-2-8-24(31)19-15-17-21(18-16-19)35-26-14-7-12-23-28(26)30(33)22-11-6-13-25(27(22)29(23)32)34-20-9-4-3-5-10-20/h3-7,9-18,24H,2,8H2,1H3. The van der Waals surface area contributed by atoms with Crippen LogP contribution in [0.1, 0.15) is 61.1 Å². The van der Waals surface area contributed by atoms with E-state index in [2.05, 4.69) is 53.8 Å². The molecule has 4 aromatic carbocycles. The molecule has 0 radical (unpaired) electrons. The summed E-state index contributed by atoms with van der Waals surface area (Å²) in [7, 11) is 0. The number of benzene rings is 4. The van der Waals surface area contributed by atoms with Crippen LogP contribution in [0.25, 0.3) is 0 Å². The lowest BCUT2D eigenvalue weighted by Crippen LogP contribution is -2.22. The number of hydrogen-bond acceptors (Lipinski definition) is 4. The van der Waals surface area contributed by atoms with E-state index in [1.165, 1.54) is 17.3 Å². The van der Waals surface area contributed by atoms with Crippen molar-refractivity contribution in [2.75, 3.05) is 0 Å². The molecule has 5 heteroatoms. The number of ketones is 2. The Bertz CT molecular complexity index is 1400. The highest BCUT2D eigenvalue weighted by atomic mass is 127. The minimum absolute atomic E-state index is 0.0832. The van der Waals surface area contributed by atoms with Crippen LogP contribution in [0.3, 0.4) is 0 Å². The first-order valence-electron chi connectivity index (χ1n) is 11.6. The Kier molecular flexibility index (Phi) is 7.46. The van der Waals surface area contributed by atoms with Crippen molar-refractivity contribution in [1.29, 1.82) is 0 Å². The third-order valence-corrected chi connectivity index (χ3v) is 9.46. The van der Waals surface area contributed by atoms with Gasteiger partial charge in [-0.25, -0.2) is 0 Å². The molecule has 5 rings (SSSR count). The maximum absolute atomic E-state index is 13.7. The SMILES string of the molecule is CCCC(I)c1ccc(Sc2cccc3c2C(=O)c2cccc(Sc4ccccc4)c2C3=O)cc1. The van der Waals surface area contributed by atoms with Crippen LogP contribution in [0.15, 0.2) is 111 Å². The van der Waals surface area contributed by atoms with Gasteiger partial charge in [0.2, 0.25) is 0 Å². The van der Waals surface area contributed by atoms with Crippen molar-refractivity contribution in [3.05, 3.63) is 119 Å². The van der Waals surface area contributed by atoms with Crippen molar-refractivity contribution < 1.29 is 9.59 Å². The average molecular weight is 607 g/mol. The molecule has 1 aliphatic rings. The Morgan fingerprint density at radius 3 is 1.69 bits per heavy atom. The highest BCUT2D eigenvalue weighted by Crippen LogP contribution is 2.41. The number of fused-ring (bicyclic) bond motifs is 2. The van der Waals surface area contributed by atoms with Crippen molar-refractivity contribution in [2.45, 2.75) is 43.3 Å². The Morgan fingerprint density at radius 1 is 0.657 bits per heavy atom. The molecule has 0 bridgehead atoms. The molecule has 0 heterocycles. The number of carbonyl (C=O) groups is 2. The zero-order valence-corrected chi connectivity index (χ0v) is 23.0. The molecule has 2 nitrogen and oxygen atoms in total. The van der Waals surface area contributed by atoms with Crippen LogP contribution in [-0.4, -0.2) is 11.6 Å². The molecule has 4 aromatic rings. The van der Waals surface area contributed by atoms with Gasteiger partial charge in [-0.15, -0.1) is 0 Å². The van der Waals surface area contributed by atoms with Crippen LogP contribution < -0.4 is 0 Å². The molecular weight excluding hydrogens is 583 g/mol. The predicted molar refractivity (Wildman–Crippen MR) is 153 cm³/mol. The molecule has 0 aromatic heterocycles. The summed E-state index contributed by atoms with van der Waals surface area (Å²) in [5.41, 5.74) is 3.31. The van der Waals surface area contributed by atoms with Gasteiger partial charge in [-0.05, 0) is 48.4 Å². The van der Waals surface area contributed by atoms with E-state index in [0.717, 1.165) is 32.4 Å². The van der Waals surface area contributed by atoms with E-state index in [1.54, 1.807) is 23.9 Å². The summed E-state index contributed by atoms with van der Waals surface area (Å²) in [4.78, 5) is 31.1. The maximum atomic E-state index is 13.7. The van der Waals surface area contributed by atoms with Gasteiger partial charge >= 0.3 is 0 Å². The summed E-state index contributed by atoms with van der Waals surface area (Å²) in [6.07, 6.45) is 2.31. The second-order valence-electron chi connectivity index (χ2n) is 8.36.